The molecule has 0 radical (unpaired) electrons. The number of hydrogen-bond donors (Lipinski definition) is 4. The van der Waals surface area contributed by atoms with Gasteiger partial charge >= 0.3 is 25.7 Å². The number of aliphatic carboxylic acids is 1. The van der Waals surface area contributed by atoms with E-state index in [4.69, 9.17) is 24.8 Å². The van der Waals surface area contributed by atoms with Crippen LogP contribution in [0.25, 0.3) is 0 Å². The molecule has 5 N–H and O–H groups in total. The summed E-state index contributed by atoms with van der Waals surface area (Å²) in [7, 11) is -4.74. The van der Waals surface area contributed by atoms with E-state index in [1.807, 2.05) is 18.2 Å². The minimum absolute atomic E-state index is 0.0706. The van der Waals surface area contributed by atoms with Crippen LogP contribution in [0.5, 0.6) is 0 Å². The number of nitrogens with two attached hydrogens (primary N) is 1. The molecular weight excluding hydrogens is 725 g/mol. The van der Waals surface area contributed by atoms with E-state index < -0.39 is 51.1 Å². The topological polar surface area (TPSA) is 192 Å². The van der Waals surface area contributed by atoms with Gasteiger partial charge in [0.25, 0.3) is 0 Å². The van der Waals surface area contributed by atoms with Gasteiger partial charge in [0.2, 0.25) is 0 Å². The number of phosphoric acid groups is 1. The van der Waals surface area contributed by atoms with E-state index in [9.17, 15) is 28.9 Å². The highest BCUT2D eigenvalue weighted by atomic mass is 31.2. The second-order valence-electron chi connectivity index (χ2n) is 14.0. The fourth-order valence-electron chi connectivity index (χ4n) is 5.37. The molecule has 0 aliphatic heterocycles. The first-order valence-corrected chi connectivity index (χ1v) is 22.2. The summed E-state index contributed by atoms with van der Waals surface area (Å²) < 4.78 is 32.5. The summed E-state index contributed by atoms with van der Waals surface area (Å²) in [6.07, 6.45) is 36.7. The maximum atomic E-state index is 12.6. The van der Waals surface area contributed by atoms with E-state index in [1.54, 1.807) is 0 Å². The van der Waals surface area contributed by atoms with Crippen LogP contribution in [-0.4, -0.2) is 71.1 Å². The molecular formula is C42H74NO11P. The van der Waals surface area contributed by atoms with Crippen molar-refractivity contribution in [2.45, 2.75) is 180 Å². The number of ether oxygens (including phenoxy) is 2. The molecule has 0 heterocycles. The van der Waals surface area contributed by atoms with Gasteiger partial charge in [0.1, 0.15) is 12.6 Å². The van der Waals surface area contributed by atoms with Gasteiger partial charge in [-0.15, -0.1) is 0 Å². The van der Waals surface area contributed by atoms with E-state index in [0.717, 1.165) is 51.4 Å². The Morgan fingerprint density at radius 3 is 1.67 bits per heavy atom. The Kier molecular flexibility index (Phi) is 35.3. The van der Waals surface area contributed by atoms with Crippen LogP contribution in [0, 0.1) is 0 Å². The van der Waals surface area contributed by atoms with Gasteiger partial charge in [-0.2, -0.15) is 0 Å². The molecule has 0 bridgehead atoms. The van der Waals surface area contributed by atoms with Gasteiger partial charge in [0.15, 0.2) is 6.10 Å². The van der Waals surface area contributed by atoms with Crippen molar-refractivity contribution in [3.63, 3.8) is 0 Å². The van der Waals surface area contributed by atoms with Gasteiger partial charge in [-0.05, 0) is 51.4 Å². The number of esters is 2. The third-order valence-corrected chi connectivity index (χ3v) is 9.59. The van der Waals surface area contributed by atoms with Crippen molar-refractivity contribution < 1.29 is 52.6 Å². The zero-order valence-corrected chi connectivity index (χ0v) is 34.8. The predicted octanol–water partition coefficient (Wildman–Crippen LogP) is 9.58. The number of unbranched alkanes of at least 4 members (excludes halogenated alkanes) is 13. The van der Waals surface area contributed by atoms with Crippen molar-refractivity contribution in [3.8, 4) is 0 Å². The second kappa shape index (κ2) is 37.0. The number of phosphoric ester groups is 1. The Bertz CT molecular complexity index is 1140. The Morgan fingerprint density at radius 2 is 1.13 bits per heavy atom. The molecule has 0 aromatic carbocycles. The Labute approximate surface area is 331 Å². The van der Waals surface area contributed by atoms with E-state index in [0.29, 0.717) is 25.7 Å². The molecule has 0 aromatic rings. The first kappa shape index (κ1) is 52.4. The average Bonchev–Trinajstić information content (AvgIpc) is 3.15. The molecule has 12 nitrogen and oxygen atoms in total. The molecule has 55 heavy (non-hydrogen) atoms. The number of carbonyl (C=O) groups is 3. The molecule has 2 unspecified atom stereocenters. The molecule has 0 aliphatic carbocycles. The summed E-state index contributed by atoms with van der Waals surface area (Å²) in [4.78, 5) is 45.8. The van der Waals surface area contributed by atoms with Crippen LogP contribution in [-0.2, 0) is 37.5 Å². The summed E-state index contributed by atoms with van der Waals surface area (Å²) >= 11 is 0. The first-order chi connectivity index (χ1) is 26.5. The van der Waals surface area contributed by atoms with Crippen LogP contribution in [0.15, 0.2) is 48.6 Å². The standard InChI is InChI=1S/C42H74NO11P/c1-3-5-6-7-8-9-10-12-16-19-22-25-28-32-40(45)51-34-38(35-52-55(49,50)53-36-39(43)42(47)48)54-41(46)33-29-26-23-20-17-14-11-13-15-18-21-24-27-31-37(44)30-4-2/h11,14-15,18,20,23-24,27,37-39,44H,3-10,12-13,16-17,19,21-22,25-26,28-36,43H2,1-2H3,(H,47,48)(H,49,50)/b14-11-,18-15-,23-20-,27-24-/t37?,38-,39+/m1/s1. The zero-order valence-electron chi connectivity index (χ0n) is 33.9. The quantitative estimate of drug-likeness (QED) is 0.0200. The third-order valence-electron chi connectivity index (χ3n) is 8.64. The minimum Gasteiger partial charge on any atom is -0.480 e. The average molecular weight is 800 g/mol. The molecule has 4 atom stereocenters. The summed E-state index contributed by atoms with van der Waals surface area (Å²) in [6, 6.07) is -1.54. The van der Waals surface area contributed by atoms with Crippen molar-refractivity contribution >= 4 is 25.7 Å². The highest BCUT2D eigenvalue weighted by Crippen LogP contribution is 2.43. The van der Waals surface area contributed by atoms with Crippen molar-refractivity contribution in [2.24, 2.45) is 5.73 Å². The molecule has 13 heteroatoms. The number of aliphatic hydroxyl groups excluding tert-OH is 1. The fourth-order valence-corrected chi connectivity index (χ4v) is 6.14. The lowest BCUT2D eigenvalue weighted by Crippen LogP contribution is -2.34. The summed E-state index contributed by atoms with van der Waals surface area (Å²) in [6.45, 7) is 2.53. The van der Waals surface area contributed by atoms with E-state index in [-0.39, 0.29) is 25.6 Å². The molecule has 0 aliphatic rings. The van der Waals surface area contributed by atoms with Crippen LogP contribution >= 0.6 is 7.82 Å². The van der Waals surface area contributed by atoms with Crippen molar-refractivity contribution in [2.75, 3.05) is 19.8 Å². The summed E-state index contributed by atoms with van der Waals surface area (Å²) in [5, 5.41) is 18.6. The summed E-state index contributed by atoms with van der Waals surface area (Å²) in [5.74, 6) is -2.48. The van der Waals surface area contributed by atoms with Crippen LogP contribution in [0.3, 0.4) is 0 Å². The van der Waals surface area contributed by atoms with Crippen LogP contribution in [0.2, 0.25) is 0 Å². The monoisotopic (exact) mass is 799 g/mol. The lowest BCUT2D eigenvalue weighted by Gasteiger charge is -2.20. The molecule has 0 saturated carbocycles. The summed E-state index contributed by atoms with van der Waals surface area (Å²) in [5.41, 5.74) is 5.32. The molecule has 0 amide bonds. The minimum atomic E-state index is -4.74. The van der Waals surface area contributed by atoms with Gasteiger partial charge < -0.3 is 30.3 Å². The SMILES string of the molecule is CCCCCCCCCCCCCCCC(=O)OC[C@H](COP(=O)(O)OC[C@H](N)C(=O)O)OC(=O)CCC/C=C\C/C=C\C/C=C\C/C=C\CC(O)CCC. The van der Waals surface area contributed by atoms with E-state index in [1.165, 1.54) is 57.8 Å². The van der Waals surface area contributed by atoms with Crippen LogP contribution in [0.1, 0.15) is 162 Å². The van der Waals surface area contributed by atoms with Gasteiger partial charge in [-0.3, -0.25) is 23.4 Å². The number of rotatable bonds is 38. The van der Waals surface area contributed by atoms with Gasteiger partial charge in [0.05, 0.1) is 19.3 Å². The molecule has 0 fully saturated rings. The highest BCUT2D eigenvalue weighted by Gasteiger charge is 2.28. The van der Waals surface area contributed by atoms with E-state index >= 15 is 0 Å². The zero-order chi connectivity index (χ0) is 40.8. The molecule has 0 spiro atoms. The normalized spacial score (nSPS) is 14.9. The largest absolute Gasteiger partial charge is 0.480 e. The smallest absolute Gasteiger partial charge is 0.472 e. The van der Waals surface area contributed by atoms with Gasteiger partial charge in [-0.25, -0.2) is 4.57 Å². The van der Waals surface area contributed by atoms with Crippen molar-refractivity contribution in [3.05, 3.63) is 48.6 Å². The van der Waals surface area contributed by atoms with Gasteiger partial charge in [-0.1, -0.05) is 146 Å². The lowest BCUT2D eigenvalue weighted by molar-refractivity contribution is -0.161. The number of aliphatic hydroxyl groups is 1. The fraction of sp³-hybridized carbons (Fsp3) is 0.738. The Hall–Kier alpha value is -2.60. The molecule has 0 rings (SSSR count). The first-order valence-electron chi connectivity index (χ1n) is 20.7. The predicted molar refractivity (Wildman–Crippen MR) is 218 cm³/mol. The highest BCUT2D eigenvalue weighted by molar-refractivity contribution is 7.47. The number of carboxylic acid groups (broad SMARTS) is 1. The number of hydrogen-bond acceptors (Lipinski definition) is 10. The number of carbonyl (C=O) groups excluding carboxylic acids is 2. The Morgan fingerprint density at radius 1 is 0.636 bits per heavy atom. The number of carboxylic acids is 1. The third kappa shape index (κ3) is 36.8. The molecule has 318 valence electrons. The van der Waals surface area contributed by atoms with E-state index in [2.05, 4.69) is 48.8 Å². The maximum Gasteiger partial charge on any atom is 0.472 e. The van der Waals surface area contributed by atoms with Crippen molar-refractivity contribution in [1.82, 2.24) is 0 Å². The van der Waals surface area contributed by atoms with Gasteiger partial charge in [0, 0.05) is 12.8 Å². The second-order valence-corrected chi connectivity index (χ2v) is 15.4. The van der Waals surface area contributed by atoms with Crippen LogP contribution in [0.4, 0.5) is 0 Å². The lowest BCUT2D eigenvalue weighted by atomic mass is 10.0. The molecule has 0 aromatic heterocycles. The maximum absolute atomic E-state index is 12.6. The molecule has 0 saturated heterocycles. The van der Waals surface area contributed by atoms with Crippen molar-refractivity contribution in [1.29, 1.82) is 0 Å². The van der Waals surface area contributed by atoms with Crippen LogP contribution < -0.4 is 5.73 Å². The number of allylic oxidation sites excluding steroid dienone is 7. The Balaban J connectivity index is 4.52.